The number of rotatable bonds is 1. The average molecular weight is 226 g/mol. The van der Waals surface area contributed by atoms with Gasteiger partial charge in [0.25, 0.3) is 0 Å². The fraction of sp³-hybridized carbons (Fsp3) is 0.286. The first-order valence-electron chi connectivity index (χ1n) is 5.94. The molecule has 0 aliphatic carbocycles. The Balaban J connectivity index is 2.63. The number of phenols is 1. The van der Waals surface area contributed by atoms with Gasteiger partial charge in [-0.25, -0.2) is 0 Å². The molecule has 0 saturated carbocycles. The highest BCUT2D eigenvalue weighted by Crippen LogP contribution is 2.24. The van der Waals surface area contributed by atoms with E-state index in [1.165, 1.54) is 0 Å². The third-order valence-electron chi connectivity index (χ3n) is 3.23. The molecule has 0 bridgehead atoms. The van der Waals surface area contributed by atoms with Crippen LogP contribution in [-0.2, 0) is 6.42 Å². The molecule has 3 rings (SSSR count). The van der Waals surface area contributed by atoms with Crippen LogP contribution in [0.25, 0.3) is 10.8 Å². The molecule has 0 saturated heterocycles. The third kappa shape index (κ3) is 1.42. The SMILES string of the molecule is CCc1c(O)c2ccccc2c2c1=NCCN=2. The summed E-state index contributed by atoms with van der Waals surface area (Å²) in [5.41, 5.74) is 0.919. The second kappa shape index (κ2) is 3.84. The molecule has 2 aromatic rings. The fourth-order valence-electron chi connectivity index (χ4n) is 2.43. The molecule has 0 unspecified atom stereocenters. The van der Waals surface area contributed by atoms with E-state index < -0.39 is 0 Å². The molecular weight excluding hydrogens is 212 g/mol. The minimum atomic E-state index is 0.364. The Hall–Kier alpha value is -1.90. The first-order valence-corrected chi connectivity index (χ1v) is 5.94. The van der Waals surface area contributed by atoms with Gasteiger partial charge in [0.05, 0.1) is 23.8 Å². The second-order valence-corrected chi connectivity index (χ2v) is 4.19. The van der Waals surface area contributed by atoms with Gasteiger partial charge >= 0.3 is 0 Å². The molecule has 0 amide bonds. The quantitative estimate of drug-likeness (QED) is 0.784. The lowest BCUT2D eigenvalue weighted by atomic mass is 10.0. The highest BCUT2D eigenvalue weighted by molar-refractivity contribution is 5.88. The van der Waals surface area contributed by atoms with Crippen LogP contribution in [0.5, 0.6) is 5.75 Å². The first-order chi connectivity index (χ1) is 8.33. The molecule has 0 aromatic heterocycles. The zero-order valence-corrected chi connectivity index (χ0v) is 9.77. The molecule has 0 atom stereocenters. The molecule has 1 aliphatic heterocycles. The average Bonchev–Trinajstić information content (AvgIpc) is 2.40. The summed E-state index contributed by atoms with van der Waals surface area (Å²) in [4.78, 5) is 9.09. The van der Waals surface area contributed by atoms with E-state index in [1.807, 2.05) is 31.2 Å². The molecule has 0 spiro atoms. The molecule has 1 aliphatic rings. The van der Waals surface area contributed by atoms with Gasteiger partial charge < -0.3 is 5.11 Å². The van der Waals surface area contributed by atoms with Crippen LogP contribution in [0.2, 0.25) is 0 Å². The lowest BCUT2D eigenvalue weighted by Gasteiger charge is -2.10. The summed E-state index contributed by atoms with van der Waals surface area (Å²) in [6.07, 6.45) is 0.776. The van der Waals surface area contributed by atoms with E-state index in [0.717, 1.165) is 46.6 Å². The van der Waals surface area contributed by atoms with E-state index >= 15 is 0 Å². The molecule has 86 valence electrons. The number of phenolic OH excluding ortho intramolecular Hbond substituents is 1. The molecule has 1 N–H and O–H groups in total. The molecule has 0 fully saturated rings. The normalized spacial score (nSPS) is 13.9. The van der Waals surface area contributed by atoms with Gasteiger partial charge in [-0.3, -0.25) is 9.98 Å². The summed E-state index contributed by atoms with van der Waals surface area (Å²) >= 11 is 0. The van der Waals surface area contributed by atoms with Crippen LogP contribution in [0.1, 0.15) is 12.5 Å². The predicted molar refractivity (Wildman–Crippen MR) is 67.0 cm³/mol. The molecule has 0 radical (unpaired) electrons. The topological polar surface area (TPSA) is 45.0 Å². The van der Waals surface area contributed by atoms with Crippen LogP contribution in [0.4, 0.5) is 0 Å². The maximum Gasteiger partial charge on any atom is 0.128 e. The van der Waals surface area contributed by atoms with Crippen LogP contribution in [0, 0.1) is 0 Å². The Morgan fingerprint density at radius 2 is 1.71 bits per heavy atom. The molecular formula is C14H14N2O. The van der Waals surface area contributed by atoms with E-state index in [1.54, 1.807) is 0 Å². The van der Waals surface area contributed by atoms with E-state index in [9.17, 15) is 5.11 Å². The Kier molecular flexibility index (Phi) is 2.32. The van der Waals surface area contributed by atoms with Crippen molar-refractivity contribution >= 4 is 10.8 Å². The van der Waals surface area contributed by atoms with Crippen LogP contribution >= 0.6 is 0 Å². The van der Waals surface area contributed by atoms with E-state index in [2.05, 4.69) is 9.98 Å². The van der Waals surface area contributed by atoms with Crippen molar-refractivity contribution < 1.29 is 5.11 Å². The number of nitrogens with zero attached hydrogens (tertiary/aromatic N) is 2. The maximum atomic E-state index is 10.3. The molecule has 1 heterocycles. The molecule has 3 nitrogen and oxygen atoms in total. The van der Waals surface area contributed by atoms with Crippen molar-refractivity contribution in [3.63, 3.8) is 0 Å². The predicted octanol–water partition coefficient (Wildman–Crippen LogP) is 1.36. The van der Waals surface area contributed by atoms with Crippen molar-refractivity contribution in [3.05, 3.63) is 40.5 Å². The number of hydrogen-bond donors (Lipinski definition) is 1. The van der Waals surface area contributed by atoms with Gasteiger partial charge in [-0.15, -0.1) is 0 Å². The Morgan fingerprint density at radius 3 is 2.41 bits per heavy atom. The van der Waals surface area contributed by atoms with Gasteiger partial charge in [0.1, 0.15) is 5.75 Å². The minimum Gasteiger partial charge on any atom is -0.507 e. The Morgan fingerprint density at radius 1 is 1.06 bits per heavy atom. The standard InChI is InChI=1S/C14H14N2O/c1-2-9-12-13(16-8-7-15-12)10-5-3-4-6-11(10)14(9)17/h3-6,17H,2,7-8H2,1H3. The van der Waals surface area contributed by atoms with Crippen LogP contribution in [-0.4, -0.2) is 18.2 Å². The summed E-state index contributed by atoms with van der Waals surface area (Å²) in [5.74, 6) is 0.364. The van der Waals surface area contributed by atoms with Gasteiger partial charge in [0.2, 0.25) is 0 Å². The highest BCUT2D eigenvalue weighted by atomic mass is 16.3. The number of hydrogen-bond acceptors (Lipinski definition) is 3. The van der Waals surface area contributed by atoms with Crippen molar-refractivity contribution in [2.24, 2.45) is 9.98 Å². The highest BCUT2D eigenvalue weighted by Gasteiger charge is 2.12. The summed E-state index contributed by atoms with van der Waals surface area (Å²) in [6.45, 7) is 3.50. The third-order valence-corrected chi connectivity index (χ3v) is 3.23. The van der Waals surface area contributed by atoms with E-state index in [-0.39, 0.29) is 0 Å². The maximum absolute atomic E-state index is 10.3. The van der Waals surface area contributed by atoms with Crippen LogP contribution in [0.15, 0.2) is 34.3 Å². The minimum absolute atomic E-state index is 0.364. The van der Waals surface area contributed by atoms with Crippen molar-refractivity contribution in [1.82, 2.24) is 0 Å². The first kappa shape index (κ1) is 10.3. The van der Waals surface area contributed by atoms with Gasteiger partial charge in [0, 0.05) is 16.3 Å². The summed E-state index contributed by atoms with van der Waals surface area (Å²) < 4.78 is 0. The Labute approximate surface area is 99.2 Å². The molecule has 3 heteroatoms. The summed E-state index contributed by atoms with van der Waals surface area (Å²) in [6, 6.07) is 7.84. The summed E-state index contributed by atoms with van der Waals surface area (Å²) in [7, 11) is 0. The van der Waals surface area contributed by atoms with Crippen molar-refractivity contribution in [2.45, 2.75) is 13.3 Å². The van der Waals surface area contributed by atoms with Crippen molar-refractivity contribution in [3.8, 4) is 5.75 Å². The zero-order chi connectivity index (χ0) is 11.8. The number of fused-ring (bicyclic) bond motifs is 3. The lowest BCUT2D eigenvalue weighted by Crippen LogP contribution is -2.34. The van der Waals surface area contributed by atoms with Crippen LogP contribution in [0.3, 0.4) is 0 Å². The Bertz CT molecular complexity index is 704. The van der Waals surface area contributed by atoms with Crippen molar-refractivity contribution in [1.29, 1.82) is 0 Å². The van der Waals surface area contributed by atoms with Gasteiger partial charge in [-0.2, -0.15) is 0 Å². The van der Waals surface area contributed by atoms with Gasteiger partial charge in [-0.1, -0.05) is 31.2 Å². The van der Waals surface area contributed by atoms with Crippen molar-refractivity contribution in [2.75, 3.05) is 13.1 Å². The zero-order valence-electron chi connectivity index (χ0n) is 9.77. The number of benzene rings is 2. The van der Waals surface area contributed by atoms with Gasteiger partial charge in [-0.05, 0) is 6.42 Å². The van der Waals surface area contributed by atoms with Crippen LogP contribution < -0.4 is 10.7 Å². The van der Waals surface area contributed by atoms with E-state index in [0.29, 0.717) is 5.75 Å². The summed E-state index contributed by atoms with van der Waals surface area (Å²) in [5, 5.41) is 14.0. The monoisotopic (exact) mass is 226 g/mol. The molecule has 17 heavy (non-hydrogen) atoms. The van der Waals surface area contributed by atoms with E-state index in [4.69, 9.17) is 0 Å². The number of aromatic hydroxyl groups is 1. The smallest absolute Gasteiger partial charge is 0.128 e. The lowest BCUT2D eigenvalue weighted by molar-refractivity contribution is 0.473. The second-order valence-electron chi connectivity index (χ2n) is 4.19. The fourth-order valence-corrected chi connectivity index (χ4v) is 2.43. The van der Waals surface area contributed by atoms with Gasteiger partial charge in [0.15, 0.2) is 0 Å². The molecule has 2 aromatic carbocycles. The largest absolute Gasteiger partial charge is 0.507 e.